The molecule has 136 valence electrons. The SMILES string of the molecule is N#Cc1ccc(N=C2N(c3cccc(Cl)c3Cl)C(=O)C3CCCN23)c(O)c1. The number of aromatic hydroxyl groups is 1. The van der Waals surface area contributed by atoms with Crippen LogP contribution in [-0.2, 0) is 4.79 Å². The molecule has 6 nitrogen and oxygen atoms in total. The molecule has 27 heavy (non-hydrogen) atoms. The topological polar surface area (TPSA) is 79.9 Å². The highest BCUT2D eigenvalue weighted by molar-refractivity contribution is 6.45. The van der Waals surface area contributed by atoms with E-state index in [1.807, 2.05) is 11.0 Å². The summed E-state index contributed by atoms with van der Waals surface area (Å²) in [5.41, 5.74) is 1.05. The lowest BCUT2D eigenvalue weighted by molar-refractivity contribution is -0.119. The number of carbonyl (C=O) groups excluding carboxylic acids is 1. The third-order valence-electron chi connectivity index (χ3n) is 4.71. The van der Waals surface area contributed by atoms with E-state index in [4.69, 9.17) is 28.5 Å². The van der Waals surface area contributed by atoms with Gasteiger partial charge in [0.05, 0.1) is 27.4 Å². The Balaban J connectivity index is 1.86. The number of benzene rings is 2. The molecular weight excluding hydrogens is 387 g/mol. The van der Waals surface area contributed by atoms with Crippen LogP contribution < -0.4 is 4.90 Å². The van der Waals surface area contributed by atoms with Gasteiger partial charge in [0.15, 0.2) is 0 Å². The maximum absolute atomic E-state index is 13.0. The normalized spacial score (nSPS) is 20.3. The van der Waals surface area contributed by atoms with Crippen LogP contribution >= 0.6 is 23.2 Å². The van der Waals surface area contributed by atoms with E-state index in [1.54, 1.807) is 30.3 Å². The zero-order valence-electron chi connectivity index (χ0n) is 14.1. The molecular formula is C19H14Cl2N4O2. The third-order valence-corrected chi connectivity index (χ3v) is 5.52. The van der Waals surface area contributed by atoms with Crippen LogP contribution in [0.1, 0.15) is 18.4 Å². The molecule has 2 heterocycles. The lowest BCUT2D eigenvalue weighted by Crippen LogP contribution is -2.34. The second kappa shape index (κ2) is 6.76. The monoisotopic (exact) mass is 400 g/mol. The maximum atomic E-state index is 13.0. The van der Waals surface area contributed by atoms with Gasteiger partial charge in [-0.1, -0.05) is 29.3 Å². The molecule has 8 heteroatoms. The molecule has 2 aliphatic rings. The zero-order valence-corrected chi connectivity index (χ0v) is 15.6. The molecule has 0 spiro atoms. The molecule has 2 aromatic carbocycles. The second-order valence-electron chi connectivity index (χ2n) is 6.33. The Bertz CT molecular complexity index is 1020. The minimum absolute atomic E-state index is 0.122. The first-order valence-corrected chi connectivity index (χ1v) is 9.13. The summed E-state index contributed by atoms with van der Waals surface area (Å²) in [5, 5.41) is 19.8. The van der Waals surface area contributed by atoms with E-state index >= 15 is 0 Å². The molecule has 1 amide bonds. The Kier molecular flexibility index (Phi) is 4.42. The van der Waals surface area contributed by atoms with Crippen LogP contribution in [0.5, 0.6) is 5.75 Å². The molecule has 1 atom stereocenters. The summed E-state index contributed by atoms with van der Waals surface area (Å²) >= 11 is 12.5. The summed E-state index contributed by atoms with van der Waals surface area (Å²) in [6, 6.07) is 11.2. The van der Waals surface area contributed by atoms with Gasteiger partial charge in [-0.3, -0.25) is 4.79 Å². The smallest absolute Gasteiger partial charge is 0.256 e. The number of guanidine groups is 1. The van der Waals surface area contributed by atoms with Gasteiger partial charge in [0.1, 0.15) is 17.5 Å². The molecule has 4 rings (SSSR count). The second-order valence-corrected chi connectivity index (χ2v) is 7.11. The first kappa shape index (κ1) is 17.7. The standard InChI is InChI=1S/C19H14Cl2N4O2/c20-12-3-1-4-14(17(12)21)25-18(27)15-5-2-8-24(15)19(25)23-13-7-6-11(10-22)9-16(13)26/h1,3-4,6-7,9,15,26H,2,5,8H2. The van der Waals surface area contributed by atoms with Crippen LogP contribution in [0.25, 0.3) is 0 Å². The zero-order chi connectivity index (χ0) is 19.1. The van der Waals surface area contributed by atoms with E-state index in [2.05, 4.69) is 4.99 Å². The van der Waals surface area contributed by atoms with Crippen LogP contribution in [0, 0.1) is 11.3 Å². The van der Waals surface area contributed by atoms with Crippen molar-refractivity contribution in [1.82, 2.24) is 4.90 Å². The largest absolute Gasteiger partial charge is 0.506 e. The summed E-state index contributed by atoms with van der Waals surface area (Å²) in [4.78, 5) is 20.9. The fraction of sp³-hybridized carbons (Fsp3) is 0.211. The predicted octanol–water partition coefficient (Wildman–Crippen LogP) is 4.07. The van der Waals surface area contributed by atoms with Crippen LogP contribution in [-0.4, -0.2) is 34.5 Å². The number of nitrogens with zero attached hydrogens (tertiary/aromatic N) is 4. The third kappa shape index (κ3) is 2.89. The van der Waals surface area contributed by atoms with Crippen molar-refractivity contribution in [3.63, 3.8) is 0 Å². The first-order valence-electron chi connectivity index (χ1n) is 8.37. The van der Waals surface area contributed by atoms with Gasteiger partial charge in [-0.2, -0.15) is 5.26 Å². The van der Waals surface area contributed by atoms with Crippen molar-refractivity contribution < 1.29 is 9.90 Å². The number of fused-ring (bicyclic) bond motifs is 1. The number of rotatable bonds is 2. The van der Waals surface area contributed by atoms with E-state index in [-0.39, 0.29) is 28.4 Å². The number of carbonyl (C=O) groups is 1. The van der Waals surface area contributed by atoms with Crippen molar-refractivity contribution in [3.8, 4) is 11.8 Å². The number of anilines is 1. The van der Waals surface area contributed by atoms with Gasteiger partial charge in [-0.15, -0.1) is 0 Å². The lowest BCUT2D eigenvalue weighted by Gasteiger charge is -2.22. The molecule has 2 aliphatic heterocycles. The number of nitriles is 1. The number of aliphatic imine (C=N–C) groups is 1. The van der Waals surface area contributed by atoms with Gasteiger partial charge in [-0.25, -0.2) is 9.89 Å². The molecule has 1 N–H and O–H groups in total. The fourth-order valence-corrected chi connectivity index (χ4v) is 3.82. The van der Waals surface area contributed by atoms with Crippen LogP contribution in [0.2, 0.25) is 10.0 Å². The van der Waals surface area contributed by atoms with Crippen LogP contribution in [0.3, 0.4) is 0 Å². The maximum Gasteiger partial charge on any atom is 0.256 e. The number of hydrogen-bond acceptors (Lipinski definition) is 4. The number of halogens is 2. The van der Waals surface area contributed by atoms with Crippen LogP contribution in [0.4, 0.5) is 11.4 Å². The molecule has 2 fully saturated rings. The van der Waals surface area contributed by atoms with E-state index in [9.17, 15) is 9.90 Å². The fourth-order valence-electron chi connectivity index (χ4n) is 3.44. The van der Waals surface area contributed by atoms with E-state index in [0.717, 1.165) is 12.8 Å². The van der Waals surface area contributed by atoms with Crippen LogP contribution in [0.15, 0.2) is 41.4 Å². The van der Waals surface area contributed by atoms with Gasteiger partial charge in [0.2, 0.25) is 5.96 Å². The van der Waals surface area contributed by atoms with Gasteiger partial charge in [0, 0.05) is 6.54 Å². The van der Waals surface area contributed by atoms with E-state index < -0.39 is 0 Å². The molecule has 1 unspecified atom stereocenters. The van der Waals surface area contributed by atoms with Crippen molar-refractivity contribution in [2.75, 3.05) is 11.4 Å². The van der Waals surface area contributed by atoms with Crippen molar-refractivity contribution >= 4 is 46.4 Å². The Morgan fingerprint density at radius 2 is 2.07 bits per heavy atom. The molecule has 0 aliphatic carbocycles. The molecule has 0 saturated carbocycles. The Labute approximate surface area is 165 Å². The lowest BCUT2D eigenvalue weighted by atomic mass is 10.2. The van der Waals surface area contributed by atoms with Crippen molar-refractivity contribution in [2.24, 2.45) is 4.99 Å². The summed E-state index contributed by atoms with van der Waals surface area (Å²) in [6.07, 6.45) is 1.61. The number of hydrogen-bond donors (Lipinski definition) is 1. The quantitative estimate of drug-likeness (QED) is 0.823. The molecule has 2 saturated heterocycles. The number of phenols is 1. The highest BCUT2D eigenvalue weighted by atomic mass is 35.5. The number of amides is 1. The Hall–Kier alpha value is -2.75. The minimum atomic E-state index is -0.306. The van der Waals surface area contributed by atoms with Gasteiger partial charge < -0.3 is 10.0 Å². The average molecular weight is 401 g/mol. The molecule has 0 radical (unpaired) electrons. The Morgan fingerprint density at radius 3 is 2.81 bits per heavy atom. The molecule has 0 aromatic heterocycles. The van der Waals surface area contributed by atoms with Gasteiger partial charge in [0.25, 0.3) is 5.91 Å². The van der Waals surface area contributed by atoms with E-state index in [1.165, 1.54) is 11.0 Å². The summed E-state index contributed by atoms with van der Waals surface area (Å²) in [7, 11) is 0. The summed E-state index contributed by atoms with van der Waals surface area (Å²) in [5.74, 6) is 0.143. The van der Waals surface area contributed by atoms with Crippen molar-refractivity contribution in [2.45, 2.75) is 18.9 Å². The van der Waals surface area contributed by atoms with Crippen molar-refractivity contribution in [3.05, 3.63) is 52.0 Å². The highest BCUT2D eigenvalue weighted by Crippen LogP contribution is 2.39. The predicted molar refractivity (Wildman–Crippen MR) is 104 cm³/mol. The van der Waals surface area contributed by atoms with Crippen molar-refractivity contribution in [1.29, 1.82) is 5.26 Å². The summed E-state index contributed by atoms with van der Waals surface area (Å²) < 4.78 is 0. The molecule has 0 bridgehead atoms. The minimum Gasteiger partial charge on any atom is -0.506 e. The Morgan fingerprint density at radius 1 is 1.26 bits per heavy atom. The summed E-state index contributed by atoms with van der Waals surface area (Å²) in [6.45, 7) is 0.682. The number of phenolic OH excluding ortho intramolecular Hbond substituents is 1. The highest BCUT2D eigenvalue weighted by Gasteiger charge is 2.47. The average Bonchev–Trinajstić information content (AvgIpc) is 3.23. The first-order chi connectivity index (χ1) is 13.0. The van der Waals surface area contributed by atoms with Gasteiger partial charge in [-0.05, 0) is 43.2 Å². The van der Waals surface area contributed by atoms with E-state index in [0.29, 0.717) is 28.8 Å². The van der Waals surface area contributed by atoms with Gasteiger partial charge >= 0.3 is 0 Å². The molecule has 2 aromatic rings.